The summed E-state index contributed by atoms with van der Waals surface area (Å²) < 4.78 is 8.57. The Morgan fingerprint density at radius 2 is 1.65 bits per heavy atom. The molecule has 6 heteroatoms. The number of hydrogen-bond acceptors (Lipinski definition) is 4. The largest absolute Gasteiger partial charge is 0.493 e. The van der Waals surface area contributed by atoms with Gasteiger partial charge in [-0.1, -0.05) is 61.7 Å². The number of nitrogens with zero attached hydrogens (tertiary/aromatic N) is 3. The van der Waals surface area contributed by atoms with Crippen LogP contribution in [0.3, 0.4) is 0 Å². The van der Waals surface area contributed by atoms with Crippen molar-refractivity contribution in [1.29, 1.82) is 0 Å². The highest BCUT2D eigenvalue weighted by atomic mass is 16.5. The molecule has 224 valence electrons. The first kappa shape index (κ1) is 28.0. The summed E-state index contributed by atoms with van der Waals surface area (Å²) in [6.07, 6.45) is 8.71. The average Bonchev–Trinajstić information content (AvgIpc) is 3.29. The van der Waals surface area contributed by atoms with Gasteiger partial charge in [0.1, 0.15) is 5.75 Å². The second kappa shape index (κ2) is 12.5. The van der Waals surface area contributed by atoms with Gasteiger partial charge in [0.25, 0.3) is 0 Å². The van der Waals surface area contributed by atoms with Gasteiger partial charge in [-0.2, -0.15) is 0 Å². The third kappa shape index (κ3) is 5.77. The van der Waals surface area contributed by atoms with Crippen LogP contribution in [0.2, 0.25) is 0 Å². The highest BCUT2D eigenvalue weighted by molar-refractivity contribution is 5.99. The number of anilines is 1. The van der Waals surface area contributed by atoms with Crippen molar-refractivity contribution >= 4 is 22.6 Å². The van der Waals surface area contributed by atoms with Crippen LogP contribution in [0.1, 0.15) is 66.8 Å². The number of benzene rings is 3. The molecule has 1 aliphatic carbocycles. The van der Waals surface area contributed by atoms with Crippen LogP contribution in [0.4, 0.5) is 5.69 Å². The molecule has 0 bridgehead atoms. The van der Waals surface area contributed by atoms with Crippen molar-refractivity contribution < 1.29 is 14.6 Å². The molecule has 3 heterocycles. The SMILES string of the molecule is O=C(O)c1ccc2c(C3CCCCC3)c3n(c2c1)CCN(CCN1CCC[C@@H](COc2ccccc2)C1)c1ccccc1-3. The van der Waals surface area contributed by atoms with Gasteiger partial charge in [-0.25, -0.2) is 4.79 Å². The van der Waals surface area contributed by atoms with Gasteiger partial charge in [-0.15, -0.1) is 0 Å². The standard InChI is InChI=1S/C37H43N3O3/c41-37(42)29-17-18-31-34(24-29)40-23-22-39(21-20-38-19-9-10-27(25-38)26-43-30-13-5-2-6-14-30)33-16-8-7-15-32(33)36(40)35(31)28-11-3-1-4-12-28/h2,5-8,13-18,24,27-28H,1,3-4,9-12,19-23,25-26H2,(H,41,42)/t27-/m1/s1. The zero-order chi connectivity index (χ0) is 29.2. The first-order chi connectivity index (χ1) is 21.2. The molecular weight excluding hydrogens is 534 g/mol. The number of fused-ring (bicyclic) bond motifs is 5. The van der Waals surface area contributed by atoms with Crippen molar-refractivity contribution in [2.24, 2.45) is 5.92 Å². The molecule has 43 heavy (non-hydrogen) atoms. The molecule has 1 saturated heterocycles. The lowest BCUT2D eigenvalue weighted by molar-refractivity contribution is 0.0697. The van der Waals surface area contributed by atoms with E-state index >= 15 is 0 Å². The van der Waals surface area contributed by atoms with Gasteiger partial charge >= 0.3 is 5.97 Å². The predicted octanol–water partition coefficient (Wildman–Crippen LogP) is 7.67. The van der Waals surface area contributed by atoms with Crippen molar-refractivity contribution in [3.8, 4) is 17.0 Å². The number of rotatable bonds is 8. The Morgan fingerprint density at radius 1 is 0.837 bits per heavy atom. The Kier molecular flexibility index (Phi) is 8.12. The van der Waals surface area contributed by atoms with E-state index in [4.69, 9.17) is 4.74 Å². The summed E-state index contributed by atoms with van der Waals surface area (Å²) in [7, 11) is 0. The number of carboxylic acids is 1. The van der Waals surface area contributed by atoms with Crippen LogP contribution >= 0.6 is 0 Å². The molecule has 0 amide bonds. The number of aromatic nitrogens is 1. The molecule has 0 radical (unpaired) electrons. The summed E-state index contributed by atoms with van der Waals surface area (Å²) in [5.74, 6) is 1.17. The zero-order valence-corrected chi connectivity index (χ0v) is 25.1. The summed E-state index contributed by atoms with van der Waals surface area (Å²) in [5, 5.41) is 11.1. The maximum Gasteiger partial charge on any atom is 0.335 e. The second-order valence-corrected chi connectivity index (χ2v) is 12.7. The third-order valence-electron chi connectivity index (χ3n) is 9.98. The molecule has 3 aliphatic rings. The molecule has 1 N–H and O–H groups in total. The summed E-state index contributed by atoms with van der Waals surface area (Å²) >= 11 is 0. The molecule has 2 fully saturated rings. The first-order valence-corrected chi connectivity index (χ1v) is 16.3. The van der Waals surface area contributed by atoms with Crippen LogP contribution in [0.15, 0.2) is 72.8 Å². The second-order valence-electron chi connectivity index (χ2n) is 12.7. The normalized spacial score (nSPS) is 19.5. The monoisotopic (exact) mass is 577 g/mol. The van der Waals surface area contributed by atoms with Gasteiger partial charge in [0, 0.05) is 60.8 Å². The molecule has 1 saturated carbocycles. The first-order valence-electron chi connectivity index (χ1n) is 16.3. The minimum atomic E-state index is -0.860. The number of para-hydroxylation sites is 2. The molecule has 1 aromatic heterocycles. The van der Waals surface area contributed by atoms with Crippen molar-refractivity contribution in [2.45, 2.75) is 57.4 Å². The van der Waals surface area contributed by atoms with E-state index in [9.17, 15) is 9.90 Å². The highest BCUT2D eigenvalue weighted by Gasteiger charge is 2.31. The van der Waals surface area contributed by atoms with Gasteiger partial charge < -0.3 is 24.2 Å². The number of ether oxygens (including phenoxy) is 1. The van der Waals surface area contributed by atoms with Gasteiger partial charge in [-0.3, -0.25) is 0 Å². The van der Waals surface area contributed by atoms with Gasteiger partial charge in [-0.05, 0) is 74.0 Å². The van der Waals surface area contributed by atoms with E-state index in [2.05, 4.69) is 44.7 Å². The van der Waals surface area contributed by atoms with Crippen LogP contribution in [-0.2, 0) is 6.54 Å². The summed E-state index contributed by atoms with van der Waals surface area (Å²) in [5.41, 5.74) is 6.80. The fourth-order valence-electron chi connectivity index (χ4n) is 7.84. The van der Waals surface area contributed by atoms with Gasteiger partial charge in [0.15, 0.2) is 0 Å². The summed E-state index contributed by atoms with van der Waals surface area (Å²) in [6, 6.07) is 24.9. The maximum absolute atomic E-state index is 12.0. The number of hydrogen-bond donors (Lipinski definition) is 1. The lowest BCUT2D eigenvalue weighted by Crippen LogP contribution is -2.42. The van der Waals surface area contributed by atoms with Crippen LogP contribution < -0.4 is 9.64 Å². The van der Waals surface area contributed by atoms with Crippen LogP contribution in [-0.4, -0.2) is 59.9 Å². The van der Waals surface area contributed by atoms with E-state index in [-0.39, 0.29) is 0 Å². The minimum Gasteiger partial charge on any atom is -0.493 e. The molecule has 2 aliphatic heterocycles. The van der Waals surface area contributed by atoms with E-state index in [0.717, 1.165) is 57.1 Å². The quantitative estimate of drug-likeness (QED) is 0.233. The maximum atomic E-state index is 12.0. The Hall–Kier alpha value is -3.77. The van der Waals surface area contributed by atoms with Crippen molar-refractivity contribution in [3.63, 3.8) is 0 Å². The number of aromatic carboxylic acids is 1. The molecule has 4 aromatic rings. The van der Waals surface area contributed by atoms with Crippen LogP contribution in [0, 0.1) is 5.92 Å². The minimum absolute atomic E-state index is 0.369. The highest BCUT2D eigenvalue weighted by Crippen LogP contribution is 2.47. The van der Waals surface area contributed by atoms with Crippen molar-refractivity contribution in [1.82, 2.24) is 9.47 Å². The predicted molar refractivity (Wildman–Crippen MR) is 173 cm³/mol. The lowest BCUT2D eigenvalue weighted by atomic mass is 9.81. The Balaban J connectivity index is 1.15. The Morgan fingerprint density at radius 3 is 2.49 bits per heavy atom. The van der Waals surface area contributed by atoms with Gasteiger partial charge in [0.2, 0.25) is 0 Å². The molecule has 1 atom stereocenters. The summed E-state index contributed by atoms with van der Waals surface area (Å²) in [6.45, 7) is 6.77. The fraction of sp³-hybridized carbons (Fsp3) is 0.432. The number of carboxylic acid groups (broad SMARTS) is 1. The van der Waals surface area contributed by atoms with Crippen molar-refractivity contribution in [2.75, 3.05) is 44.2 Å². The average molecular weight is 578 g/mol. The molecule has 3 aromatic carbocycles. The Labute approximate surface area is 254 Å². The number of piperidine rings is 1. The fourth-order valence-corrected chi connectivity index (χ4v) is 7.84. The van der Waals surface area contributed by atoms with E-state index in [1.165, 1.54) is 72.8 Å². The van der Waals surface area contributed by atoms with E-state index in [1.807, 2.05) is 36.4 Å². The molecule has 7 rings (SSSR count). The lowest BCUT2D eigenvalue weighted by Gasteiger charge is -2.35. The molecule has 0 spiro atoms. The topological polar surface area (TPSA) is 57.9 Å². The van der Waals surface area contributed by atoms with E-state index < -0.39 is 5.97 Å². The van der Waals surface area contributed by atoms with E-state index in [1.54, 1.807) is 6.07 Å². The molecule has 0 unspecified atom stereocenters. The summed E-state index contributed by atoms with van der Waals surface area (Å²) in [4.78, 5) is 17.2. The van der Waals surface area contributed by atoms with E-state index in [0.29, 0.717) is 17.4 Å². The van der Waals surface area contributed by atoms with Crippen molar-refractivity contribution in [3.05, 3.63) is 83.9 Å². The Bertz CT molecular complexity index is 1570. The molecular formula is C37H43N3O3. The smallest absolute Gasteiger partial charge is 0.335 e. The number of likely N-dealkylation sites (tertiary alicyclic amines) is 1. The van der Waals surface area contributed by atoms with Crippen LogP contribution in [0.25, 0.3) is 22.2 Å². The van der Waals surface area contributed by atoms with Crippen LogP contribution in [0.5, 0.6) is 5.75 Å². The molecule has 6 nitrogen and oxygen atoms in total. The number of carbonyl (C=O) groups is 1. The zero-order valence-electron chi connectivity index (χ0n) is 25.1. The van der Waals surface area contributed by atoms with Gasteiger partial charge in [0.05, 0.1) is 17.9 Å². The third-order valence-corrected chi connectivity index (χ3v) is 9.98.